The molecule has 0 saturated heterocycles. The smallest absolute Gasteiger partial charge is 0.222 e. The molecule has 0 fully saturated rings. The zero-order valence-electron chi connectivity index (χ0n) is 15.2. The Hall–Kier alpha value is -3.64. The van der Waals surface area contributed by atoms with Crippen LogP contribution in [0.4, 0.5) is 11.8 Å². The fourth-order valence-electron chi connectivity index (χ4n) is 3.03. The third-order valence-corrected chi connectivity index (χ3v) is 4.29. The number of fused-ring (bicyclic) bond motifs is 1. The minimum absolute atomic E-state index is 0.00762. The molecule has 0 saturated carbocycles. The average Bonchev–Trinajstić information content (AvgIpc) is 2.72. The van der Waals surface area contributed by atoms with Gasteiger partial charge < -0.3 is 20.9 Å². The molecule has 28 heavy (non-hydrogen) atoms. The summed E-state index contributed by atoms with van der Waals surface area (Å²) >= 11 is 0. The molecule has 0 amide bonds. The van der Waals surface area contributed by atoms with Gasteiger partial charge in [0, 0.05) is 17.5 Å². The van der Waals surface area contributed by atoms with Crippen molar-refractivity contribution in [3.8, 4) is 22.6 Å². The van der Waals surface area contributed by atoms with E-state index in [1.165, 1.54) is 0 Å². The number of benzene rings is 3. The van der Waals surface area contributed by atoms with Gasteiger partial charge in [0.15, 0.2) is 0 Å². The van der Waals surface area contributed by atoms with E-state index < -0.39 is 0 Å². The lowest BCUT2D eigenvalue weighted by Crippen LogP contribution is -2.09. The third-order valence-electron chi connectivity index (χ3n) is 4.29. The van der Waals surface area contributed by atoms with Gasteiger partial charge in [-0.05, 0) is 35.9 Å². The van der Waals surface area contributed by atoms with Gasteiger partial charge >= 0.3 is 0 Å². The number of ether oxygens (including phenoxy) is 1. The second-order valence-corrected chi connectivity index (χ2v) is 6.22. The van der Waals surface area contributed by atoms with Crippen molar-refractivity contribution in [2.45, 2.75) is 0 Å². The molecule has 0 unspecified atom stereocenters. The largest absolute Gasteiger partial charge is 0.457 e. The minimum atomic E-state index is 0.00762. The first-order chi connectivity index (χ1) is 13.7. The van der Waals surface area contributed by atoms with Crippen molar-refractivity contribution in [2.75, 3.05) is 24.2 Å². The maximum Gasteiger partial charge on any atom is 0.222 e. The summed E-state index contributed by atoms with van der Waals surface area (Å²) in [6.45, 7) is 0.398. The van der Waals surface area contributed by atoms with Crippen LogP contribution in [0, 0.1) is 0 Å². The van der Waals surface area contributed by atoms with Crippen LogP contribution >= 0.6 is 0 Å². The SMILES string of the molecule is Nc1nc(NCCO)c2ccc(-c3ccccc3Oc3ccccc3)cc2n1. The molecule has 4 N–H and O–H groups in total. The predicted octanol–water partition coefficient (Wildman–Crippen LogP) is 4.08. The van der Waals surface area contributed by atoms with Gasteiger partial charge in [-0.1, -0.05) is 42.5 Å². The summed E-state index contributed by atoms with van der Waals surface area (Å²) in [6.07, 6.45) is 0. The molecule has 1 heterocycles. The Balaban J connectivity index is 1.76. The van der Waals surface area contributed by atoms with Gasteiger partial charge in [0.05, 0.1) is 12.1 Å². The first-order valence-electron chi connectivity index (χ1n) is 8.99. The summed E-state index contributed by atoms with van der Waals surface area (Å²) in [7, 11) is 0. The maximum absolute atomic E-state index is 9.06. The highest BCUT2D eigenvalue weighted by atomic mass is 16.5. The van der Waals surface area contributed by atoms with Gasteiger partial charge in [-0.25, -0.2) is 4.98 Å². The van der Waals surface area contributed by atoms with Crippen molar-refractivity contribution in [3.63, 3.8) is 0 Å². The molecular weight excluding hydrogens is 352 g/mol. The van der Waals surface area contributed by atoms with E-state index in [-0.39, 0.29) is 12.6 Å². The molecule has 0 radical (unpaired) electrons. The Morgan fingerprint density at radius 3 is 2.54 bits per heavy atom. The molecule has 0 bridgehead atoms. The Labute approximate surface area is 162 Å². The number of anilines is 2. The standard InChI is InChI=1S/C22H20N4O2/c23-22-25-19-14-15(10-11-18(19)21(26-22)24-12-13-27)17-8-4-5-9-20(17)28-16-6-2-1-3-7-16/h1-11,14,27H,12-13H2,(H3,23,24,25,26). The number of para-hydroxylation sites is 2. The number of hydrogen-bond acceptors (Lipinski definition) is 6. The lowest BCUT2D eigenvalue weighted by atomic mass is 10.0. The fraction of sp³-hybridized carbons (Fsp3) is 0.0909. The normalized spacial score (nSPS) is 10.8. The van der Waals surface area contributed by atoms with Crippen molar-refractivity contribution >= 4 is 22.7 Å². The van der Waals surface area contributed by atoms with E-state index in [0.717, 1.165) is 33.5 Å². The van der Waals surface area contributed by atoms with Gasteiger partial charge in [0.1, 0.15) is 17.3 Å². The zero-order chi connectivity index (χ0) is 19.3. The van der Waals surface area contributed by atoms with Crippen molar-refractivity contribution in [2.24, 2.45) is 0 Å². The first-order valence-corrected chi connectivity index (χ1v) is 8.99. The summed E-state index contributed by atoms with van der Waals surface area (Å²) in [5.74, 6) is 2.32. The van der Waals surface area contributed by atoms with Gasteiger partial charge in [-0.3, -0.25) is 0 Å². The number of aromatic nitrogens is 2. The summed E-state index contributed by atoms with van der Waals surface area (Å²) in [6, 6.07) is 23.4. The van der Waals surface area contributed by atoms with Crippen LogP contribution in [0.1, 0.15) is 0 Å². The molecule has 0 aliphatic rings. The van der Waals surface area contributed by atoms with Crippen LogP contribution in [0.2, 0.25) is 0 Å². The number of aliphatic hydroxyl groups is 1. The van der Waals surface area contributed by atoms with Crippen LogP contribution < -0.4 is 15.8 Å². The number of aliphatic hydroxyl groups excluding tert-OH is 1. The molecule has 0 atom stereocenters. The van der Waals surface area contributed by atoms with Crippen molar-refractivity contribution in [1.29, 1.82) is 0 Å². The molecule has 3 aromatic carbocycles. The molecule has 140 valence electrons. The van der Waals surface area contributed by atoms with Gasteiger partial charge in [0.2, 0.25) is 5.95 Å². The molecular formula is C22H20N4O2. The van der Waals surface area contributed by atoms with E-state index >= 15 is 0 Å². The Kier molecular flexibility index (Phi) is 5.03. The van der Waals surface area contributed by atoms with Crippen LogP contribution in [0.3, 0.4) is 0 Å². The van der Waals surface area contributed by atoms with Gasteiger partial charge in [-0.2, -0.15) is 4.98 Å². The third kappa shape index (κ3) is 3.72. The number of hydrogen-bond donors (Lipinski definition) is 3. The average molecular weight is 372 g/mol. The zero-order valence-corrected chi connectivity index (χ0v) is 15.2. The van der Waals surface area contributed by atoms with E-state index in [2.05, 4.69) is 15.3 Å². The second kappa shape index (κ2) is 7.94. The van der Waals surface area contributed by atoms with E-state index in [4.69, 9.17) is 15.6 Å². The Morgan fingerprint density at radius 2 is 1.71 bits per heavy atom. The second-order valence-electron chi connectivity index (χ2n) is 6.22. The molecule has 1 aromatic heterocycles. The van der Waals surface area contributed by atoms with E-state index in [1.54, 1.807) is 0 Å². The quantitative estimate of drug-likeness (QED) is 0.472. The highest BCUT2D eigenvalue weighted by Gasteiger charge is 2.11. The van der Waals surface area contributed by atoms with Crippen LogP contribution in [0.5, 0.6) is 11.5 Å². The maximum atomic E-state index is 9.06. The summed E-state index contributed by atoms with van der Waals surface area (Å²) in [5, 5.41) is 13.0. The molecule has 0 aliphatic carbocycles. The fourth-order valence-corrected chi connectivity index (χ4v) is 3.03. The lowest BCUT2D eigenvalue weighted by Gasteiger charge is -2.13. The molecule has 4 rings (SSSR count). The Bertz CT molecular complexity index is 1100. The number of nitrogens with two attached hydrogens (primary N) is 1. The minimum Gasteiger partial charge on any atom is -0.457 e. The topological polar surface area (TPSA) is 93.3 Å². The van der Waals surface area contributed by atoms with Gasteiger partial charge in [0.25, 0.3) is 0 Å². The predicted molar refractivity (Wildman–Crippen MR) is 111 cm³/mol. The van der Waals surface area contributed by atoms with Crippen LogP contribution in [-0.4, -0.2) is 28.2 Å². The summed E-state index contributed by atoms with van der Waals surface area (Å²) in [5.41, 5.74) is 8.51. The summed E-state index contributed by atoms with van der Waals surface area (Å²) < 4.78 is 6.08. The van der Waals surface area contributed by atoms with Crippen molar-refractivity contribution in [3.05, 3.63) is 72.8 Å². The van der Waals surface area contributed by atoms with Crippen LogP contribution in [0.25, 0.3) is 22.0 Å². The molecule has 6 heteroatoms. The first kappa shape index (κ1) is 17.8. The van der Waals surface area contributed by atoms with Crippen molar-refractivity contribution < 1.29 is 9.84 Å². The van der Waals surface area contributed by atoms with Crippen LogP contribution in [-0.2, 0) is 0 Å². The van der Waals surface area contributed by atoms with Crippen LogP contribution in [0.15, 0.2) is 72.8 Å². The van der Waals surface area contributed by atoms with E-state index in [9.17, 15) is 0 Å². The monoisotopic (exact) mass is 372 g/mol. The molecule has 0 aliphatic heterocycles. The molecule has 0 spiro atoms. The molecule has 4 aromatic rings. The summed E-state index contributed by atoms with van der Waals surface area (Å²) in [4.78, 5) is 8.60. The Morgan fingerprint density at radius 1 is 0.929 bits per heavy atom. The van der Waals surface area contributed by atoms with Crippen molar-refractivity contribution in [1.82, 2.24) is 9.97 Å². The van der Waals surface area contributed by atoms with Gasteiger partial charge in [-0.15, -0.1) is 0 Å². The highest BCUT2D eigenvalue weighted by Crippen LogP contribution is 2.35. The number of nitrogens with one attached hydrogen (secondary N) is 1. The van der Waals surface area contributed by atoms with E-state index in [1.807, 2.05) is 72.8 Å². The number of rotatable bonds is 6. The molecule has 6 nitrogen and oxygen atoms in total. The number of nitrogen functional groups attached to an aromatic ring is 1. The number of nitrogens with zero attached hydrogens (tertiary/aromatic N) is 2. The highest BCUT2D eigenvalue weighted by molar-refractivity contribution is 5.93. The van der Waals surface area contributed by atoms with E-state index in [0.29, 0.717) is 12.4 Å². The lowest BCUT2D eigenvalue weighted by molar-refractivity contribution is 0.311.